The second kappa shape index (κ2) is 6.83. The van der Waals surface area contributed by atoms with Crippen molar-refractivity contribution >= 4 is 48.7 Å². The van der Waals surface area contributed by atoms with Gasteiger partial charge in [-0.2, -0.15) is 0 Å². The van der Waals surface area contributed by atoms with Crippen LogP contribution in [-0.2, 0) is 0 Å². The number of nitrogens with one attached hydrogen (secondary N) is 3. The van der Waals surface area contributed by atoms with E-state index in [-0.39, 0.29) is 17.5 Å². The van der Waals surface area contributed by atoms with Crippen LogP contribution in [0.5, 0.6) is 0 Å². The molecular formula is C17H17Br2N3O3. The predicted octanol–water partition coefficient (Wildman–Crippen LogP) is 2.69. The van der Waals surface area contributed by atoms with Crippen LogP contribution < -0.4 is 21.8 Å². The summed E-state index contributed by atoms with van der Waals surface area (Å²) in [7, 11) is 0. The van der Waals surface area contributed by atoms with Gasteiger partial charge in [0.1, 0.15) is 5.56 Å². The molecule has 1 amide bonds. The van der Waals surface area contributed by atoms with Crippen LogP contribution in [-0.4, -0.2) is 24.5 Å². The Hall–Kier alpha value is -1.22. The average molecular weight is 471 g/mol. The van der Waals surface area contributed by atoms with E-state index >= 15 is 0 Å². The van der Waals surface area contributed by atoms with Crippen LogP contribution in [0.3, 0.4) is 0 Å². The van der Waals surface area contributed by atoms with E-state index in [4.69, 9.17) is 4.42 Å². The summed E-state index contributed by atoms with van der Waals surface area (Å²) >= 11 is 6.78. The fourth-order valence-electron chi connectivity index (χ4n) is 3.69. The van der Waals surface area contributed by atoms with Gasteiger partial charge in [0.15, 0.2) is 5.58 Å². The fraction of sp³-hybridized carbons (Fsp3) is 0.412. The van der Waals surface area contributed by atoms with Crippen LogP contribution in [0.1, 0.15) is 29.6 Å². The average Bonchev–Trinajstić information content (AvgIpc) is 3.02. The Morgan fingerprint density at radius 1 is 1.24 bits per heavy atom. The van der Waals surface area contributed by atoms with E-state index in [0.29, 0.717) is 27.4 Å². The van der Waals surface area contributed by atoms with E-state index in [0.717, 1.165) is 30.3 Å². The number of hydrogen-bond donors (Lipinski definition) is 3. The van der Waals surface area contributed by atoms with Gasteiger partial charge in [-0.25, -0.2) is 4.79 Å². The first-order valence-electron chi connectivity index (χ1n) is 8.23. The Kier molecular flexibility index (Phi) is 4.70. The standard InChI is InChI=1S/C17H17Br2N3O3/c18-10-3-9-4-12(17(24)25-15(9)13(19)5-10)16(23)21-11-2-1-8-7-20-22-14(8)6-11/h3-5,8,11,14,20,22H,1-2,6-7H2,(H,21,23). The van der Waals surface area contributed by atoms with Crippen molar-refractivity contribution in [1.29, 1.82) is 0 Å². The van der Waals surface area contributed by atoms with Crippen molar-refractivity contribution in [2.45, 2.75) is 31.3 Å². The van der Waals surface area contributed by atoms with Gasteiger partial charge in [0.05, 0.1) is 4.47 Å². The molecule has 1 aromatic heterocycles. The van der Waals surface area contributed by atoms with E-state index < -0.39 is 5.63 Å². The smallest absolute Gasteiger partial charge is 0.349 e. The molecule has 0 bridgehead atoms. The molecule has 3 atom stereocenters. The molecule has 3 N–H and O–H groups in total. The summed E-state index contributed by atoms with van der Waals surface area (Å²) in [6.07, 6.45) is 2.84. The maximum Gasteiger partial charge on any atom is 0.349 e. The minimum Gasteiger partial charge on any atom is -0.421 e. The van der Waals surface area contributed by atoms with Gasteiger partial charge in [0.2, 0.25) is 0 Å². The lowest BCUT2D eigenvalue weighted by Gasteiger charge is -2.31. The van der Waals surface area contributed by atoms with E-state index in [1.165, 1.54) is 0 Å². The van der Waals surface area contributed by atoms with Crippen LogP contribution in [0.2, 0.25) is 0 Å². The van der Waals surface area contributed by atoms with Crippen LogP contribution >= 0.6 is 31.9 Å². The van der Waals surface area contributed by atoms with Crippen LogP contribution in [0.25, 0.3) is 11.0 Å². The lowest BCUT2D eigenvalue weighted by atomic mass is 9.83. The zero-order chi connectivity index (χ0) is 17.6. The number of hydrogen-bond acceptors (Lipinski definition) is 5. The van der Waals surface area contributed by atoms with Gasteiger partial charge in [0, 0.05) is 28.5 Å². The number of carbonyl (C=O) groups is 1. The van der Waals surface area contributed by atoms with Crippen molar-refractivity contribution in [3.63, 3.8) is 0 Å². The molecule has 132 valence electrons. The zero-order valence-electron chi connectivity index (χ0n) is 13.3. The predicted molar refractivity (Wildman–Crippen MR) is 101 cm³/mol. The van der Waals surface area contributed by atoms with Crippen molar-refractivity contribution in [2.24, 2.45) is 5.92 Å². The summed E-state index contributed by atoms with van der Waals surface area (Å²) in [6, 6.07) is 5.64. The molecule has 2 fully saturated rings. The topological polar surface area (TPSA) is 83.4 Å². The Balaban J connectivity index is 1.57. The lowest BCUT2D eigenvalue weighted by Crippen LogP contribution is -2.46. The molecule has 2 aromatic rings. The third kappa shape index (κ3) is 3.40. The van der Waals surface area contributed by atoms with Crippen molar-refractivity contribution in [1.82, 2.24) is 16.2 Å². The summed E-state index contributed by atoms with van der Waals surface area (Å²) in [5, 5.41) is 3.68. The van der Waals surface area contributed by atoms with Gasteiger partial charge >= 0.3 is 5.63 Å². The van der Waals surface area contributed by atoms with Crippen molar-refractivity contribution in [3.05, 3.63) is 43.1 Å². The summed E-state index contributed by atoms with van der Waals surface area (Å²) in [5.41, 5.74) is 6.28. The lowest BCUT2D eigenvalue weighted by molar-refractivity contribution is 0.0915. The van der Waals surface area contributed by atoms with E-state index in [1.54, 1.807) is 12.1 Å². The number of carbonyl (C=O) groups excluding carboxylic acids is 1. The van der Waals surface area contributed by atoms with Gasteiger partial charge in [0.25, 0.3) is 5.91 Å². The van der Waals surface area contributed by atoms with Crippen LogP contribution in [0.4, 0.5) is 0 Å². The van der Waals surface area contributed by atoms with Gasteiger partial charge in [-0.3, -0.25) is 15.6 Å². The molecule has 25 heavy (non-hydrogen) atoms. The molecule has 8 heteroatoms. The zero-order valence-corrected chi connectivity index (χ0v) is 16.4. The van der Waals surface area contributed by atoms with Crippen molar-refractivity contribution in [2.75, 3.05) is 6.54 Å². The number of halogens is 2. The third-order valence-corrected chi connectivity index (χ3v) is 6.02. The molecule has 1 saturated heterocycles. The summed E-state index contributed by atoms with van der Waals surface area (Å²) < 4.78 is 6.86. The van der Waals surface area contributed by atoms with E-state index in [2.05, 4.69) is 48.0 Å². The molecular weight excluding hydrogens is 454 g/mol. The van der Waals surface area contributed by atoms with Crippen molar-refractivity contribution < 1.29 is 9.21 Å². The number of benzene rings is 1. The van der Waals surface area contributed by atoms with Crippen molar-refractivity contribution in [3.8, 4) is 0 Å². The molecule has 1 saturated carbocycles. The largest absolute Gasteiger partial charge is 0.421 e. The maximum absolute atomic E-state index is 12.6. The summed E-state index contributed by atoms with van der Waals surface area (Å²) in [6.45, 7) is 0.976. The second-order valence-corrected chi connectivity index (χ2v) is 8.40. The first kappa shape index (κ1) is 17.2. The molecule has 0 spiro atoms. The Bertz CT molecular complexity index is 899. The highest BCUT2D eigenvalue weighted by Crippen LogP contribution is 2.29. The van der Waals surface area contributed by atoms with E-state index in [9.17, 15) is 9.59 Å². The number of rotatable bonds is 2. The van der Waals surface area contributed by atoms with E-state index in [1.807, 2.05) is 6.07 Å². The van der Waals surface area contributed by atoms with Crippen LogP contribution in [0.15, 0.2) is 36.4 Å². The maximum atomic E-state index is 12.6. The molecule has 1 aliphatic carbocycles. The number of hydrazine groups is 1. The minimum absolute atomic E-state index is 0.0390. The summed E-state index contributed by atoms with van der Waals surface area (Å²) in [4.78, 5) is 24.9. The molecule has 1 aliphatic heterocycles. The number of fused-ring (bicyclic) bond motifs is 2. The molecule has 3 unspecified atom stereocenters. The monoisotopic (exact) mass is 469 g/mol. The summed E-state index contributed by atoms with van der Waals surface area (Å²) in [5.74, 6) is 0.245. The number of amides is 1. The first-order chi connectivity index (χ1) is 12.0. The first-order valence-corrected chi connectivity index (χ1v) is 9.82. The van der Waals surface area contributed by atoms with Gasteiger partial charge in [-0.1, -0.05) is 15.9 Å². The Labute approximate surface area is 161 Å². The van der Waals surface area contributed by atoms with Gasteiger partial charge in [-0.15, -0.1) is 0 Å². The minimum atomic E-state index is -0.623. The fourth-order valence-corrected chi connectivity index (χ4v) is 5.02. The second-order valence-electron chi connectivity index (χ2n) is 6.63. The van der Waals surface area contributed by atoms with Gasteiger partial charge < -0.3 is 9.73 Å². The molecule has 6 nitrogen and oxygen atoms in total. The third-order valence-electron chi connectivity index (χ3n) is 4.98. The highest BCUT2D eigenvalue weighted by molar-refractivity contribution is 9.11. The quantitative estimate of drug-likeness (QED) is 0.588. The molecule has 0 radical (unpaired) electrons. The molecule has 2 heterocycles. The highest BCUT2D eigenvalue weighted by atomic mass is 79.9. The normalized spacial score (nSPS) is 25.8. The molecule has 1 aromatic carbocycles. The Morgan fingerprint density at radius 3 is 2.92 bits per heavy atom. The SMILES string of the molecule is O=C(NC1CCC2CNNC2C1)c1cc2cc(Br)cc(Br)c2oc1=O. The molecule has 4 rings (SSSR count). The Morgan fingerprint density at radius 2 is 2.08 bits per heavy atom. The molecule has 2 aliphatic rings. The van der Waals surface area contributed by atoms with Crippen LogP contribution in [0, 0.1) is 5.92 Å². The van der Waals surface area contributed by atoms with Gasteiger partial charge in [-0.05, 0) is 59.3 Å². The highest BCUT2D eigenvalue weighted by Gasteiger charge is 2.34.